The second-order valence-corrected chi connectivity index (χ2v) is 5.57. The summed E-state index contributed by atoms with van der Waals surface area (Å²) in [5, 5.41) is 14.4. The molecular formula is C15H17N3O2S. The van der Waals surface area contributed by atoms with Gasteiger partial charge in [-0.2, -0.15) is 4.98 Å². The van der Waals surface area contributed by atoms with Crippen LogP contribution in [0, 0.1) is 0 Å². The highest BCUT2D eigenvalue weighted by molar-refractivity contribution is 7.15. The number of rotatable bonds is 6. The molecule has 0 spiro atoms. The number of aliphatic hydroxyl groups is 1. The maximum absolute atomic E-state index is 9.03. The molecule has 6 heteroatoms. The van der Waals surface area contributed by atoms with E-state index in [1.807, 2.05) is 40.2 Å². The molecule has 110 valence electrons. The average molecular weight is 303 g/mol. The largest absolute Gasteiger partial charge is 0.480 e. The lowest BCUT2D eigenvalue weighted by atomic mass is 10.1. The lowest BCUT2D eigenvalue weighted by Gasteiger charge is -2.06. The number of nitrogens with one attached hydrogen (secondary N) is 1. The highest BCUT2D eigenvalue weighted by atomic mass is 32.1. The zero-order valence-electron chi connectivity index (χ0n) is 11.7. The van der Waals surface area contributed by atoms with Gasteiger partial charge in [0.15, 0.2) is 4.96 Å². The molecule has 1 aromatic carbocycles. The molecule has 21 heavy (non-hydrogen) atoms. The molecule has 0 unspecified atom stereocenters. The summed E-state index contributed by atoms with van der Waals surface area (Å²) in [6.45, 7) is 1.52. The van der Waals surface area contributed by atoms with Crippen LogP contribution in [0.2, 0.25) is 0 Å². The van der Waals surface area contributed by atoms with E-state index in [0.29, 0.717) is 12.4 Å². The van der Waals surface area contributed by atoms with Crippen LogP contribution < -0.4 is 10.1 Å². The molecule has 0 atom stereocenters. The summed E-state index contributed by atoms with van der Waals surface area (Å²) in [5.41, 5.74) is 3.13. The number of methoxy groups -OCH3 is 1. The van der Waals surface area contributed by atoms with Crippen molar-refractivity contribution in [2.75, 3.05) is 7.11 Å². The van der Waals surface area contributed by atoms with Gasteiger partial charge in [-0.05, 0) is 11.1 Å². The summed E-state index contributed by atoms with van der Waals surface area (Å²) < 4.78 is 7.38. The van der Waals surface area contributed by atoms with E-state index in [2.05, 4.69) is 10.3 Å². The summed E-state index contributed by atoms with van der Waals surface area (Å²) in [6.07, 6.45) is 2.00. The Hall–Kier alpha value is -1.89. The number of hydrogen-bond donors (Lipinski definition) is 2. The molecule has 0 saturated carbocycles. The van der Waals surface area contributed by atoms with Gasteiger partial charge in [0, 0.05) is 24.7 Å². The minimum absolute atomic E-state index is 0.0802. The number of nitrogens with zero attached hydrogens (tertiary/aromatic N) is 2. The molecule has 0 aliphatic carbocycles. The molecule has 0 amide bonds. The molecule has 2 aromatic heterocycles. The van der Waals surface area contributed by atoms with Crippen LogP contribution in [-0.2, 0) is 19.7 Å². The Morgan fingerprint density at radius 3 is 2.71 bits per heavy atom. The van der Waals surface area contributed by atoms with Crippen molar-refractivity contribution in [3.8, 4) is 5.88 Å². The van der Waals surface area contributed by atoms with Gasteiger partial charge in [-0.25, -0.2) is 0 Å². The standard InChI is InChI=1S/C15H17N3O2S/c1-20-14-13(18-6-7-21-15(18)17-14)9-16-8-11-2-4-12(10-19)5-3-11/h2-7,16,19H,8-10H2,1H3. The van der Waals surface area contributed by atoms with Crippen molar-refractivity contribution in [2.24, 2.45) is 0 Å². The smallest absolute Gasteiger partial charge is 0.237 e. The van der Waals surface area contributed by atoms with Crippen molar-refractivity contribution < 1.29 is 9.84 Å². The lowest BCUT2D eigenvalue weighted by molar-refractivity contribution is 0.282. The van der Waals surface area contributed by atoms with Crippen LogP contribution in [0.15, 0.2) is 35.8 Å². The molecule has 5 nitrogen and oxygen atoms in total. The number of imidazole rings is 1. The van der Waals surface area contributed by atoms with Crippen LogP contribution in [0.5, 0.6) is 5.88 Å². The fraction of sp³-hybridized carbons (Fsp3) is 0.267. The van der Waals surface area contributed by atoms with E-state index >= 15 is 0 Å². The molecule has 0 radical (unpaired) electrons. The molecule has 0 aliphatic heterocycles. The second-order valence-electron chi connectivity index (χ2n) is 4.70. The first-order valence-electron chi connectivity index (χ1n) is 6.69. The van der Waals surface area contributed by atoms with Crippen LogP contribution in [0.25, 0.3) is 4.96 Å². The maximum Gasteiger partial charge on any atom is 0.237 e. The van der Waals surface area contributed by atoms with E-state index in [-0.39, 0.29) is 6.61 Å². The predicted octanol–water partition coefficient (Wildman–Crippen LogP) is 2.19. The number of benzene rings is 1. The first-order chi connectivity index (χ1) is 10.3. The quantitative estimate of drug-likeness (QED) is 0.733. The number of ether oxygens (including phenoxy) is 1. The third-order valence-corrected chi connectivity index (χ3v) is 4.10. The second kappa shape index (κ2) is 6.26. The fourth-order valence-corrected chi connectivity index (χ4v) is 2.95. The zero-order valence-corrected chi connectivity index (χ0v) is 12.6. The molecule has 0 bridgehead atoms. The summed E-state index contributed by atoms with van der Waals surface area (Å²) >= 11 is 1.59. The summed E-state index contributed by atoms with van der Waals surface area (Å²) in [7, 11) is 1.64. The number of hydrogen-bond acceptors (Lipinski definition) is 5. The van der Waals surface area contributed by atoms with Gasteiger partial charge in [-0.1, -0.05) is 24.3 Å². The van der Waals surface area contributed by atoms with Gasteiger partial charge in [0.05, 0.1) is 13.7 Å². The Kier molecular flexibility index (Phi) is 4.19. The minimum atomic E-state index is 0.0802. The summed E-state index contributed by atoms with van der Waals surface area (Å²) in [6, 6.07) is 7.92. The van der Waals surface area contributed by atoms with Crippen molar-refractivity contribution in [2.45, 2.75) is 19.7 Å². The van der Waals surface area contributed by atoms with Crippen molar-refractivity contribution in [3.63, 3.8) is 0 Å². The van der Waals surface area contributed by atoms with Crippen LogP contribution in [0.4, 0.5) is 0 Å². The van der Waals surface area contributed by atoms with Gasteiger partial charge < -0.3 is 15.2 Å². The van der Waals surface area contributed by atoms with Gasteiger partial charge in [0.25, 0.3) is 0 Å². The van der Waals surface area contributed by atoms with Gasteiger partial charge >= 0.3 is 0 Å². The SMILES string of the molecule is COc1nc2sccn2c1CNCc1ccc(CO)cc1. The first-order valence-corrected chi connectivity index (χ1v) is 7.57. The molecule has 0 aliphatic rings. The number of aliphatic hydroxyl groups excluding tert-OH is 1. The van der Waals surface area contributed by atoms with Crippen molar-refractivity contribution in [3.05, 3.63) is 52.7 Å². The van der Waals surface area contributed by atoms with E-state index in [4.69, 9.17) is 9.84 Å². The number of aromatic nitrogens is 2. The Morgan fingerprint density at radius 1 is 1.24 bits per heavy atom. The van der Waals surface area contributed by atoms with Gasteiger partial charge in [0.1, 0.15) is 5.69 Å². The third-order valence-electron chi connectivity index (χ3n) is 3.34. The third kappa shape index (κ3) is 2.92. The average Bonchev–Trinajstić information content (AvgIpc) is 3.09. The van der Waals surface area contributed by atoms with Crippen molar-refractivity contribution in [1.29, 1.82) is 0 Å². The highest BCUT2D eigenvalue weighted by Crippen LogP contribution is 2.22. The topological polar surface area (TPSA) is 58.8 Å². The van der Waals surface area contributed by atoms with Crippen LogP contribution in [-0.4, -0.2) is 21.6 Å². The molecule has 2 heterocycles. The van der Waals surface area contributed by atoms with Crippen LogP contribution >= 0.6 is 11.3 Å². The Bertz CT molecular complexity index is 718. The van der Waals surface area contributed by atoms with Crippen LogP contribution in [0.1, 0.15) is 16.8 Å². The highest BCUT2D eigenvalue weighted by Gasteiger charge is 2.12. The van der Waals surface area contributed by atoms with Crippen LogP contribution in [0.3, 0.4) is 0 Å². The number of thiazole rings is 1. The maximum atomic E-state index is 9.03. The Labute approximate surface area is 126 Å². The van der Waals surface area contributed by atoms with Crippen molar-refractivity contribution >= 4 is 16.3 Å². The molecular weight excluding hydrogens is 286 g/mol. The first kappa shape index (κ1) is 14.1. The lowest BCUT2D eigenvalue weighted by Crippen LogP contribution is -2.14. The predicted molar refractivity (Wildman–Crippen MR) is 82.5 cm³/mol. The van der Waals surface area contributed by atoms with E-state index in [1.54, 1.807) is 18.4 Å². The van der Waals surface area contributed by atoms with E-state index in [1.165, 1.54) is 5.56 Å². The summed E-state index contributed by atoms with van der Waals surface area (Å²) in [4.78, 5) is 5.37. The molecule has 0 saturated heterocycles. The van der Waals surface area contributed by atoms with Gasteiger partial charge in [0.2, 0.25) is 5.88 Å². The Balaban J connectivity index is 1.66. The summed E-state index contributed by atoms with van der Waals surface area (Å²) in [5.74, 6) is 0.671. The molecule has 3 aromatic rings. The zero-order chi connectivity index (χ0) is 14.7. The fourth-order valence-electron chi connectivity index (χ4n) is 2.22. The monoisotopic (exact) mass is 303 g/mol. The van der Waals surface area contributed by atoms with E-state index in [0.717, 1.165) is 22.8 Å². The molecule has 0 fully saturated rings. The Morgan fingerprint density at radius 2 is 2.00 bits per heavy atom. The van der Waals surface area contributed by atoms with Gasteiger partial charge in [-0.3, -0.25) is 4.40 Å². The molecule has 3 rings (SSSR count). The number of fused-ring (bicyclic) bond motifs is 1. The van der Waals surface area contributed by atoms with Crippen molar-refractivity contribution in [1.82, 2.24) is 14.7 Å². The normalized spacial score (nSPS) is 11.1. The molecule has 2 N–H and O–H groups in total. The van der Waals surface area contributed by atoms with E-state index < -0.39 is 0 Å². The van der Waals surface area contributed by atoms with E-state index in [9.17, 15) is 0 Å². The minimum Gasteiger partial charge on any atom is -0.480 e. The van der Waals surface area contributed by atoms with Gasteiger partial charge in [-0.15, -0.1) is 11.3 Å².